The maximum absolute atomic E-state index is 12.1. The number of benzene rings is 1. The van der Waals surface area contributed by atoms with Gasteiger partial charge in [-0.2, -0.15) is 0 Å². The second kappa shape index (κ2) is 7.92. The Morgan fingerprint density at radius 3 is 2.60 bits per heavy atom. The van der Waals surface area contributed by atoms with Gasteiger partial charge in [-0.15, -0.1) is 10.2 Å². The molecule has 132 valence electrons. The Morgan fingerprint density at radius 1 is 1.08 bits per heavy atom. The number of nitrogens with one attached hydrogen (secondary N) is 1. The van der Waals surface area contributed by atoms with Crippen LogP contribution in [-0.2, 0) is 19.4 Å². The van der Waals surface area contributed by atoms with Crippen molar-refractivity contribution in [3.05, 3.63) is 47.0 Å². The average Bonchev–Trinajstić information content (AvgIpc) is 2.85. The summed E-state index contributed by atoms with van der Waals surface area (Å²) in [7, 11) is 0. The number of nitrogens with two attached hydrogens (primary N) is 1. The van der Waals surface area contributed by atoms with Crippen LogP contribution in [0, 0.1) is 0 Å². The van der Waals surface area contributed by atoms with E-state index in [-0.39, 0.29) is 5.91 Å². The van der Waals surface area contributed by atoms with E-state index >= 15 is 0 Å². The molecular formula is C18H23N5O2. The second-order valence-electron chi connectivity index (χ2n) is 6.30. The minimum absolute atomic E-state index is 0.156. The van der Waals surface area contributed by atoms with Gasteiger partial charge < -0.3 is 15.6 Å². The standard InChI is InChI=1S/C18H23N5O2/c19-17(24)13-7-9-14(10-8-13)18(25)20-11-4-6-16-22-21-15-5-2-1-3-12-23(15)16/h7-10H,1-6,11-12H2,(H2,19,24)(H,20,25). The number of carbonyl (C=O) groups excluding carboxylic acids is 2. The molecule has 0 unspecified atom stereocenters. The first kappa shape index (κ1) is 17.1. The van der Waals surface area contributed by atoms with Crippen LogP contribution in [0.2, 0.25) is 0 Å². The van der Waals surface area contributed by atoms with Crippen LogP contribution in [0.1, 0.15) is 58.0 Å². The monoisotopic (exact) mass is 341 g/mol. The van der Waals surface area contributed by atoms with Gasteiger partial charge in [-0.1, -0.05) is 6.42 Å². The third kappa shape index (κ3) is 4.23. The molecule has 2 amide bonds. The Bertz CT molecular complexity index is 751. The maximum atomic E-state index is 12.1. The number of primary amides is 1. The normalized spacial score (nSPS) is 13.8. The van der Waals surface area contributed by atoms with E-state index in [0.717, 1.165) is 37.5 Å². The molecule has 0 fully saturated rings. The number of carbonyl (C=O) groups is 2. The number of amides is 2. The van der Waals surface area contributed by atoms with Gasteiger partial charge in [0.2, 0.25) is 5.91 Å². The van der Waals surface area contributed by atoms with Gasteiger partial charge in [0, 0.05) is 37.1 Å². The lowest BCUT2D eigenvalue weighted by Gasteiger charge is -2.08. The lowest BCUT2D eigenvalue weighted by Crippen LogP contribution is -2.25. The number of aromatic nitrogens is 3. The van der Waals surface area contributed by atoms with Gasteiger partial charge in [-0.3, -0.25) is 9.59 Å². The maximum Gasteiger partial charge on any atom is 0.251 e. The molecule has 25 heavy (non-hydrogen) atoms. The van der Waals surface area contributed by atoms with Gasteiger partial charge in [-0.05, 0) is 43.5 Å². The largest absolute Gasteiger partial charge is 0.366 e. The lowest BCUT2D eigenvalue weighted by atomic mass is 10.1. The summed E-state index contributed by atoms with van der Waals surface area (Å²) in [6.07, 6.45) is 6.22. The van der Waals surface area contributed by atoms with Crippen molar-refractivity contribution >= 4 is 11.8 Å². The molecule has 0 atom stereocenters. The molecule has 1 aromatic carbocycles. The van der Waals surface area contributed by atoms with E-state index in [9.17, 15) is 9.59 Å². The highest BCUT2D eigenvalue weighted by molar-refractivity contribution is 5.97. The van der Waals surface area contributed by atoms with E-state index in [4.69, 9.17) is 5.73 Å². The molecule has 0 radical (unpaired) electrons. The second-order valence-corrected chi connectivity index (χ2v) is 6.30. The molecule has 0 spiro atoms. The van der Waals surface area contributed by atoms with Crippen LogP contribution in [0.15, 0.2) is 24.3 Å². The molecule has 0 aliphatic carbocycles. The van der Waals surface area contributed by atoms with Crippen molar-refractivity contribution < 1.29 is 9.59 Å². The Kier molecular flexibility index (Phi) is 5.42. The van der Waals surface area contributed by atoms with Crippen LogP contribution < -0.4 is 11.1 Å². The smallest absolute Gasteiger partial charge is 0.251 e. The zero-order valence-corrected chi connectivity index (χ0v) is 14.2. The summed E-state index contributed by atoms with van der Waals surface area (Å²) in [5.41, 5.74) is 6.10. The van der Waals surface area contributed by atoms with Gasteiger partial charge in [-0.25, -0.2) is 0 Å². The predicted octanol–water partition coefficient (Wildman–Crippen LogP) is 1.47. The van der Waals surface area contributed by atoms with Crippen molar-refractivity contribution in [3.63, 3.8) is 0 Å². The van der Waals surface area contributed by atoms with Crippen LogP contribution in [0.5, 0.6) is 0 Å². The fourth-order valence-corrected chi connectivity index (χ4v) is 3.07. The molecule has 2 aromatic rings. The number of hydrogen-bond donors (Lipinski definition) is 2. The first-order valence-electron chi connectivity index (χ1n) is 8.74. The SMILES string of the molecule is NC(=O)c1ccc(C(=O)NCCCc2nnc3n2CCCCC3)cc1. The van der Waals surface area contributed by atoms with Gasteiger partial charge in [0.25, 0.3) is 5.91 Å². The molecule has 2 heterocycles. The Morgan fingerprint density at radius 2 is 1.84 bits per heavy atom. The van der Waals surface area contributed by atoms with Gasteiger partial charge in [0.1, 0.15) is 11.6 Å². The van der Waals surface area contributed by atoms with Gasteiger partial charge >= 0.3 is 0 Å². The van der Waals surface area contributed by atoms with Crippen LogP contribution in [0.4, 0.5) is 0 Å². The molecule has 1 aliphatic rings. The number of hydrogen-bond acceptors (Lipinski definition) is 4. The molecule has 1 aromatic heterocycles. The molecule has 0 saturated carbocycles. The lowest BCUT2D eigenvalue weighted by molar-refractivity contribution is 0.0950. The number of rotatable bonds is 6. The fourth-order valence-electron chi connectivity index (χ4n) is 3.07. The van der Waals surface area contributed by atoms with Gasteiger partial charge in [0.15, 0.2) is 0 Å². The molecular weight excluding hydrogens is 318 g/mol. The minimum atomic E-state index is -0.501. The summed E-state index contributed by atoms with van der Waals surface area (Å²) in [6, 6.07) is 6.33. The summed E-state index contributed by atoms with van der Waals surface area (Å²) in [4.78, 5) is 23.1. The number of nitrogens with zero attached hydrogens (tertiary/aromatic N) is 3. The molecule has 3 N–H and O–H groups in total. The molecule has 7 heteroatoms. The van der Waals surface area contributed by atoms with E-state index in [0.29, 0.717) is 17.7 Å². The highest BCUT2D eigenvalue weighted by Gasteiger charge is 2.14. The van der Waals surface area contributed by atoms with E-state index in [1.54, 1.807) is 24.3 Å². The van der Waals surface area contributed by atoms with Crippen molar-refractivity contribution in [2.24, 2.45) is 5.73 Å². The molecule has 7 nitrogen and oxygen atoms in total. The van der Waals surface area contributed by atoms with Crippen LogP contribution in [-0.4, -0.2) is 33.1 Å². The highest BCUT2D eigenvalue weighted by Crippen LogP contribution is 2.15. The average molecular weight is 341 g/mol. The van der Waals surface area contributed by atoms with Crippen molar-refractivity contribution in [3.8, 4) is 0 Å². The predicted molar refractivity (Wildman–Crippen MR) is 93.2 cm³/mol. The summed E-state index contributed by atoms with van der Waals surface area (Å²) < 4.78 is 2.23. The molecule has 1 aliphatic heterocycles. The zero-order chi connectivity index (χ0) is 17.6. The highest BCUT2D eigenvalue weighted by atomic mass is 16.2. The van der Waals surface area contributed by atoms with E-state index in [1.807, 2.05) is 0 Å². The third-order valence-electron chi connectivity index (χ3n) is 4.48. The van der Waals surface area contributed by atoms with Crippen molar-refractivity contribution in [1.29, 1.82) is 0 Å². The quantitative estimate of drug-likeness (QED) is 0.776. The topological polar surface area (TPSA) is 103 Å². The minimum Gasteiger partial charge on any atom is -0.366 e. The summed E-state index contributed by atoms with van der Waals surface area (Å²) in [5.74, 6) is 1.44. The zero-order valence-electron chi connectivity index (χ0n) is 14.2. The Labute approximate surface area is 146 Å². The molecule has 0 saturated heterocycles. The van der Waals surface area contributed by atoms with Crippen LogP contribution in [0.3, 0.4) is 0 Å². The fraction of sp³-hybridized carbons (Fsp3) is 0.444. The van der Waals surface area contributed by atoms with E-state index in [1.165, 1.54) is 19.3 Å². The van der Waals surface area contributed by atoms with E-state index < -0.39 is 5.91 Å². The Hall–Kier alpha value is -2.70. The number of fused-ring (bicyclic) bond motifs is 1. The Balaban J connectivity index is 1.47. The summed E-state index contributed by atoms with van der Waals surface area (Å²) >= 11 is 0. The van der Waals surface area contributed by atoms with Crippen LogP contribution >= 0.6 is 0 Å². The molecule has 0 bridgehead atoms. The summed E-state index contributed by atoms with van der Waals surface area (Å²) in [6.45, 7) is 1.56. The van der Waals surface area contributed by atoms with Gasteiger partial charge in [0.05, 0.1) is 0 Å². The first-order chi connectivity index (χ1) is 12.1. The first-order valence-corrected chi connectivity index (χ1v) is 8.74. The van der Waals surface area contributed by atoms with Crippen molar-refractivity contribution in [2.45, 2.75) is 45.1 Å². The molecule has 3 rings (SSSR count). The number of aryl methyl sites for hydroxylation is 2. The van der Waals surface area contributed by atoms with Crippen molar-refractivity contribution in [2.75, 3.05) is 6.54 Å². The third-order valence-corrected chi connectivity index (χ3v) is 4.48. The van der Waals surface area contributed by atoms with Crippen molar-refractivity contribution in [1.82, 2.24) is 20.1 Å². The van der Waals surface area contributed by atoms with Crippen LogP contribution in [0.25, 0.3) is 0 Å². The van der Waals surface area contributed by atoms with E-state index in [2.05, 4.69) is 20.1 Å². The summed E-state index contributed by atoms with van der Waals surface area (Å²) in [5, 5.41) is 11.5.